The van der Waals surface area contributed by atoms with Crippen LogP contribution in [-0.4, -0.2) is 4.98 Å². The van der Waals surface area contributed by atoms with Crippen molar-refractivity contribution in [1.29, 1.82) is 5.26 Å². The second-order valence-electron chi connectivity index (χ2n) is 3.73. The molecule has 0 aliphatic heterocycles. The largest absolute Gasteiger partial charge is 0.263 e. The molecule has 0 atom stereocenters. The lowest BCUT2D eigenvalue weighted by Gasteiger charge is -2.12. The quantitative estimate of drug-likeness (QED) is 0.735. The molecule has 1 aromatic heterocycles. The number of hydrogen-bond acceptors (Lipinski definition) is 2. The Kier molecular flexibility index (Phi) is 4.54. The zero-order valence-corrected chi connectivity index (χ0v) is 12.4. The third kappa shape index (κ3) is 2.96. The number of aromatic nitrogens is 1. The molecule has 0 bridgehead atoms. The molecule has 2 nitrogen and oxygen atoms in total. The van der Waals surface area contributed by atoms with Crippen molar-refractivity contribution in [3.05, 3.63) is 50.2 Å². The Labute approximate surface area is 130 Å². The fourth-order valence-electron chi connectivity index (χ4n) is 1.74. The first-order chi connectivity index (χ1) is 9.04. The highest BCUT2D eigenvalue weighted by Gasteiger charge is 2.16. The van der Waals surface area contributed by atoms with Crippen molar-refractivity contribution in [3.8, 4) is 17.2 Å². The summed E-state index contributed by atoms with van der Waals surface area (Å²) in [4.78, 5) is 4.02. The summed E-state index contributed by atoms with van der Waals surface area (Å²) >= 11 is 24.3. The molecule has 96 valence electrons. The van der Waals surface area contributed by atoms with Gasteiger partial charge in [-0.3, -0.25) is 4.98 Å². The number of nitrogens with zero attached hydrogens (tertiary/aromatic N) is 2. The minimum absolute atomic E-state index is 0.145. The van der Waals surface area contributed by atoms with Crippen LogP contribution in [0.2, 0.25) is 20.1 Å². The summed E-state index contributed by atoms with van der Waals surface area (Å²) in [6.45, 7) is 0. The van der Waals surface area contributed by atoms with Gasteiger partial charge >= 0.3 is 0 Å². The molecule has 0 N–H and O–H groups in total. The number of nitriles is 1. The second-order valence-corrected chi connectivity index (χ2v) is 5.38. The Morgan fingerprint density at radius 1 is 1.00 bits per heavy atom. The number of pyridine rings is 1. The van der Waals surface area contributed by atoms with Crippen LogP contribution in [0.4, 0.5) is 0 Å². The molecule has 0 aliphatic carbocycles. The maximum absolute atomic E-state index is 8.88. The van der Waals surface area contributed by atoms with Gasteiger partial charge in [-0.2, -0.15) is 5.26 Å². The summed E-state index contributed by atoms with van der Waals surface area (Å²) in [6.07, 6.45) is 3.21. The lowest BCUT2D eigenvalue weighted by Crippen LogP contribution is -1.93. The molecular weight excluding hydrogens is 326 g/mol. The Morgan fingerprint density at radius 2 is 1.63 bits per heavy atom. The van der Waals surface area contributed by atoms with Crippen molar-refractivity contribution < 1.29 is 0 Å². The van der Waals surface area contributed by atoms with Crippen molar-refractivity contribution in [1.82, 2.24) is 4.98 Å². The predicted molar refractivity (Wildman–Crippen MR) is 79.0 cm³/mol. The highest BCUT2D eigenvalue weighted by Crippen LogP contribution is 2.40. The van der Waals surface area contributed by atoms with Crippen LogP contribution in [0.15, 0.2) is 24.5 Å². The Bertz CT molecular complexity index is 654. The van der Waals surface area contributed by atoms with E-state index in [-0.39, 0.29) is 6.42 Å². The number of rotatable bonds is 2. The van der Waals surface area contributed by atoms with Crippen molar-refractivity contribution >= 4 is 46.4 Å². The maximum Gasteiger partial charge on any atom is 0.0670 e. The zero-order valence-electron chi connectivity index (χ0n) is 9.42. The molecule has 1 aromatic carbocycles. The van der Waals surface area contributed by atoms with Gasteiger partial charge in [0.2, 0.25) is 0 Å². The highest BCUT2D eigenvalue weighted by atomic mass is 35.5. The third-order valence-electron chi connectivity index (χ3n) is 2.54. The van der Waals surface area contributed by atoms with Gasteiger partial charge in [-0.15, -0.1) is 0 Å². The molecule has 6 heteroatoms. The number of halogens is 4. The summed E-state index contributed by atoms with van der Waals surface area (Å²) < 4.78 is 0. The molecule has 0 saturated carbocycles. The average molecular weight is 332 g/mol. The average Bonchev–Trinajstić information content (AvgIpc) is 2.32. The summed E-state index contributed by atoms with van der Waals surface area (Å²) in [5.41, 5.74) is 1.86. The van der Waals surface area contributed by atoms with Crippen LogP contribution in [0.5, 0.6) is 0 Å². The van der Waals surface area contributed by atoms with E-state index in [0.29, 0.717) is 36.8 Å². The molecule has 0 aliphatic rings. The molecule has 0 fully saturated rings. The normalized spacial score (nSPS) is 10.3. The first-order valence-electron chi connectivity index (χ1n) is 5.19. The summed E-state index contributed by atoms with van der Waals surface area (Å²) in [5.74, 6) is 0. The molecular formula is C13H6Cl4N2. The fourth-order valence-corrected chi connectivity index (χ4v) is 2.98. The first kappa shape index (κ1) is 14.4. The van der Waals surface area contributed by atoms with Crippen LogP contribution < -0.4 is 0 Å². The minimum Gasteiger partial charge on any atom is -0.263 e. The molecule has 0 spiro atoms. The summed E-state index contributed by atoms with van der Waals surface area (Å²) in [6, 6.07) is 5.23. The molecule has 0 unspecified atom stereocenters. The highest BCUT2D eigenvalue weighted by molar-refractivity contribution is 6.42. The van der Waals surface area contributed by atoms with Gasteiger partial charge in [0.15, 0.2) is 0 Å². The van der Waals surface area contributed by atoms with E-state index in [0.717, 1.165) is 0 Å². The number of benzene rings is 1. The van der Waals surface area contributed by atoms with Gasteiger partial charge in [-0.25, -0.2) is 0 Å². The van der Waals surface area contributed by atoms with Gasteiger partial charge in [0.1, 0.15) is 0 Å². The molecule has 1 heterocycles. The van der Waals surface area contributed by atoms with Crippen LogP contribution in [-0.2, 0) is 6.42 Å². The van der Waals surface area contributed by atoms with Gasteiger partial charge in [-0.05, 0) is 17.7 Å². The Hall–Kier alpha value is -0.980. The van der Waals surface area contributed by atoms with Gasteiger partial charge in [0, 0.05) is 28.5 Å². The maximum atomic E-state index is 8.88. The van der Waals surface area contributed by atoms with Crippen LogP contribution in [0.1, 0.15) is 5.56 Å². The van der Waals surface area contributed by atoms with Gasteiger partial charge in [0.25, 0.3) is 0 Å². The Balaban J connectivity index is 2.73. The van der Waals surface area contributed by atoms with Gasteiger partial charge in [-0.1, -0.05) is 46.4 Å². The van der Waals surface area contributed by atoms with E-state index in [1.54, 1.807) is 18.3 Å². The van der Waals surface area contributed by atoms with E-state index >= 15 is 0 Å². The molecule has 2 rings (SSSR count). The molecule has 19 heavy (non-hydrogen) atoms. The smallest absolute Gasteiger partial charge is 0.0670 e. The van der Waals surface area contributed by atoms with E-state index in [1.807, 2.05) is 0 Å². The lowest BCUT2D eigenvalue weighted by atomic mass is 10.00. The molecule has 0 saturated heterocycles. The van der Waals surface area contributed by atoms with Gasteiger partial charge in [0.05, 0.1) is 27.6 Å². The lowest BCUT2D eigenvalue weighted by molar-refractivity contribution is 1.21. The monoisotopic (exact) mass is 330 g/mol. The molecule has 0 radical (unpaired) electrons. The van der Waals surface area contributed by atoms with E-state index in [4.69, 9.17) is 51.7 Å². The van der Waals surface area contributed by atoms with Crippen LogP contribution in [0.3, 0.4) is 0 Å². The third-order valence-corrected chi connectivity index (χ3v) is 3.68. The molecule has 2 aromatic rings. The van der Waals surface area contributed by atoms with E-state index < -0.39 is 0 Å². The van der Waals surface area contributed by atoms with E-state index in [1.165, 1.54) is 6.20 Å². The van der Waals surface area contributed by atoms with E-state index in [2.05, 4.69) is 11.1 Å². The van der Waals surface area contributed by atoms with E-state index in [9.17, 15) is 0 Å². The summed E-state index contributed by atoms with van der Waals surface area (Å²) in [5, 5.41) is 10.5. The van der Waals surface area contributed by atoms with Crippen LogP contribution >= 0.6 is 46.4 Å². The van der Waals surface area contributed by atoms with Crippen molar-refractivity contribution in [3.63, 3.8) is 0 Å². The standard InChI is InChI=1S/C13H6Cl4N2/c14-7-3-10(15)13(11(16)4-7)9-5-19-6-12(17)8(9)1-2-18/h3-6H,1H2. The van der Waals surface area contributed by atoms with Gasteiger partial charge < -0.3 is 0 Å². The zero-order chi connectivity index (χ0) is 14.0. The SMILES string of the molecule is N#CCc1c(Cl)cncc1-c1c(Cl)cc(Cl)cc1Cl. The minimum atomic E-state index is 0.145. The topological polar surface area (TPSA) is 36.7 Å². The molecule has 0 amide bonds. The Morgan fingerprint density at radius 3 is 2.21 bits per heavy atom. The van der Waals surface area contributed by atoms with Crippen molar-refractivity contribution in [2.45, 2.75) is 6.42 Å². The predicted octanol–water partition coefficient (Wildman–Crippen LogP) is 5.43. The summed E-state index contributed by atoms with van der Waals surface area (Å²) in [7, 11) is 0. The van der Waals surface area contributed by atoms with Crippen molar-refractivity contribution in [2.75, 3.05) is 0 Å². The number of hydrogen-bond donors (Lipinski definition) is 0. The van der Waals surface area contributed by atoms with Crippen LogP contribution in [0, 0.1) is 11.3 Å². The van der Waals surface area contributed by atoms with Crippen LogP contribution in [0.25, 0.3) is 11.1 Å². The second kappa shape index (κ2) is 5.98. The fraction of sp³-hybridized carbons (Fsp3) is 0.0769. The van der Waals surface area contributed by atoms with Crippen molar-refractivity contribution in [2.24, 2.45) is 0 Å². The first-order valence-corrected chi connectivity index (χ1v) is 6.70.